The van der Waals surface area contributed by atoms with Crippen molar-refractivity contribution in [1.29, 1.82) is 0 Å². The first-order chi connectivity index (χ1) is 7.51. The monoisotopic (exact) mass is 233 g/mol. The van der Waals surface area contributed by atoms with Crippen LogP contribution in [0.3, 0.4) is 0 Å². The molecule has 0 unspecified atom stereocenters. The van der Waals surface area contributed by atoms with E-state index in [9.17, 15) is 13.6 Å². The van der Waals surface area contributed by atoms with Crippen molar-refractivity contribution < 1.29 is 28.2 Å². The Bertz CT molecular complexity index is 409. The second-order valence-corrected chi connectivity index (χ2v) is 2.74. The van der Waals surface area contributed by atoms with Gasteiger partial charge >= 0.3 is 5.97 Å². The second-order valence-electron chi connectivity index (χ2n) is 2.74. The van der Waals surface area contributed by atoms with Crippen LogP contribution in [0.1, 0.15) is 22.5 Å². The van der Waals surface area contributed by atoms with Crippen LogP contribution in [0.2, 0.25) is 0 Å². The largest absolute Gasteiger partial charge is 0.491 e. The topological polar surface area (TPSA) is 68.7 Å². The van der Waals surface area contributed by atoms with Crippen molar-refractivity contribution in [3.05, 3.63) is 17.3 Å². The number of hydrogen-bond acceptors (Lipinski definition) is 4. The van der Waals surface area contributed by atoms with E-state index in [4.69, 9.17) is 14.6 Å². The Kier molecular flexibility index (Phi) is 3.60. The summed E-state index contributed by atoms with van der Waals surface area (Å²) in [6.07, 6.45) is -2.99. The SMILES string of the molecule is COc1cc(C(=O)O)c(C(F)F)nc1OC. The van der Waals surface area contributed by atoms with Crippen LogP contribution in [0.5, 0.6) is 11.6 Å². The van der Waals surface area contributed by atoms with Gasteiger partial charge in [-0.2, -0.15) is 0 Å². The van der Waals surface area contributed by atoms with Gasteiger partial charge in [0.2, 0.25) is 0 Å². The molecule has 1 aromatic rings. The molecule has 0 amide bonds. The van der Waals surface area contributed by atoms with E-state index in [2.05, 4.69) is 4.98 Å². The van der Waals surface area contributed by atoms with Gasteiger partial charge in [0, 0.05) is 6.07 Å². The van der Waals surface area contributed by atoms with E-state index in [-0.39, 0.29) is 11.6 Å². The third kappa shape index (κ3) is 2.18. The van der Waals surface area contributed by atoms with E-state index in [1.54, 1.807) is 0 Å². The van der Waals surface area contributed by atoms with E-state index in [1.165, 1.54) is 14.2 Å². The highest BCUT2D eigenvalue weighted by atomic mass is 19.3. The minimum atomic E-state index is -2.99. The number of rotatable bonds is 4. The lowest BCUT2D eigenvalue weighted by Gasteiger charge is -2.10. The zero-order valence-electron chi connectivity index (χ0n) is 8.53. The summed E-state index contributed by atoms with van der Waals surface area (Å²) in [6.45, 7) is 0. The van der Waals surface area contributed by atoms with Crippen molar-refractivity contribution in [2.24, 2.45) is 0 Å². The fraction of sp³-hybridized carbons (Fsp3) is 0.333. The molecular formula is C9H9F2NO4. The van der Waals surface area contributed by atoms with Crippen LogP contribution in [-0.4, -0.2) is 30.3 Å². The molecule has 1 heterocycles. The number of alkyl halides is 2. The van der Waals surface area contributed by atoms with Crippen LogP contribution in [0, 0.1) is 0 Å². The van der Waals surface area contributed by atoms with Gasteiger partial charge in [-0.25, -0.2) is 18.6 Å². The van der Waals surface area contributed by atoms with Crippen molar-refractivity contribution in [1.82, 2.24) is 4.98 Å². The summed E-state index contributed by atoms with van der Waals surface area (Å²) in [5, 5.41) is 8.73. The zero-order valence-corrected chi connectivity index (χ0v) is 8.53. The number of pyridine rings is 1. The Morgan fingerprint density at radius 2 is 2.06 bits per heavy atom. The normalized spacial score (nSPS) is 10.3. The van der Waals surface area contributed by atoms with Gasteiger partial charge in [0.25, 0.3) is 12.3 Å². The van der Waals surface area contributed by atoms with E-state index < -0.39 is 23.7 Å². The van der Waals surface area contributed by atoms with Crippen molar-refractivity contribution >= 4 is 5.97 Å². The van der Waals surface area contributed by atoms with Gasteiger partial charge in [0.05, 0.1) is 19.8 Å². The Balaban J connectivity index is 3.41. The molecule has 0 aliphatic heterocycles. The zero-order chi connectivity index (χ0) is 12.3. The molecule has 0 spiro atoms. The number of halogens is 2. The fourth-order valence-corrected chi connectivity index (χ4v) is 1.12. The van der Waals surface area contributed by atoms with E-state index in [1.807, 2.05) is 0 Å². The third-order valence-corrected chi connectivity index (χ3v) is 1.83. The van der Waals surface area contributed by atoms with Gasteiger partial charge in [-0.05, 0) is 0 Å². The number of carboxylic acid groups (broad SMARTS) is 1. The van der Waals surface area contributed by atoms with Crippen molar-refractivity contribution in [3.63, 3.8) is 0 Å². The lowest BCUT2D eigenvalue weighted by molar-refractivity contribution is 0.0681. The predicted molar refractivity (Wildman–Crippen MR) is 49.3 cm³/mol. The molecule has 88 valence electrons. The van der Waals surface area contributed by atoms with Crippen molar-refractivity contribution in [3.8, 4) is 11.6 Å². The number of aromatic carboxylic acids is 1. The van der Waals surface area contributed by atoms with Gasteiger partial charge in [-0.15, -0.1) is 0 Å². The summed E-state index contributed by atoms with van der Waals surface area (Å²) < 4.78 is 34.5. The van der Waals surface area contributed by atoms with Crippen LogP contribution in [0.15, 0.2) is 6.07 Å². The molecule has 0 aliphatic carbocycles. The van der Waals surface area contributed by atoms with Gasteiger partial charge < -0.3 is 14.6 Å². The number of carboxylic acids is 1. The minimum absolute atomic E-state index is 0.00991. The highest BCUT2D eigenvalue weighted by Crippen LogP contribution is 2.31. The maximum Gasteiger partial charge on any atom is 0.337 e. The van der Waals surface area contributed by atoms with Gasteiger partial charge in [0.1, 0.15) is 5.69 Å². The fourth-order valence-electron chi connectivity index (χ4n) is 1.12. The lowest BCUT2D eigenvalue weighted by atomic mass is 10.2. The Morgan fingerprint density at radius 3 is 2.44 bits per heavy atom. The molecule has 16 heavy (non-hydrogen) atoms. The molecule has 0 aliphatic rings. The van der Waals surface area contributed by atoms with E-state index in [0.717, 1.165) is 6.07 Å². The minimum Gasteiger partial charge on any atom is -0.491 e. The van der Waals surface area contributed by atoms with Crippen LogP contribution in [0.4, 0.5) is 8.78 Å². The summed E-state index contributed by atoms with van der Waals surface area (Å²) in [7, 11) is 2.48. The summed E-state index contributed by atoms with van der Waals surface area (Å²) in [4.78, 5) is 14.1. The standard InChI is InChI=1S/C9H9F2NO4/c1-15-5-3-4(9(13)14)6(7(10)11)12-8(5)16-2/h3,7H,1-2H3,(H,13,14). The lowest BCUT2D eigenvalue weighted by Crippen LogP contribution is -2.08. The molecule has 1 rings (SSSR count). The summed E-state index contributed by atoms with van der Waals surface area (Å²) >= 11 is 0. The van der Waals surface area contributed by atoms with Gasteiger partial charge in [-0.1, -0.05) is 0 Å². The molecule has 0 saturated carbocycles. The number of aromatic nitrogens is 1. The van der Waals surface area contributed by atoms with Gasteiger partial charge in [-0.3, -0.25) is 0 Å². The highest BCUT2D eigenvalue weighted by molar-refractivity contribution is 5.89. The average molecular weight is 233 g/mol. The van der Waals surface area contributed by atoms with E-state index in [0.29, 0.717) is 0 Å². The molecule has 0 fully saturated rings. The molecule has 0 aromatic carbocycles. The smallest absolute Gasteiger partial charge is 0.337 e. The van der Waals surface area contributed by atoms with Crippen LogP contribution in [-0.2, 0) is 0 Å². The molecule has 5 nitrogen and oxygen atoms in total. The first kappa shape index (κ1) is 12.2. The maximum absolute atomic E-state index is 12.5. The number of ether oxygens (including phenoxy) is 2. The Hall–Kier alpha value is -1.92. The number of hydrogen-bond donors (Lipinski definition) is 1. The molecule has 1 N–H and O–H groups in total. The van der Waals surface area contributed by atoms with E-state index >= 15 is 0 Å². The van der Waals surface area contributed by atoms with Crippen LogP contribution >= 0.6 is 0 Å². The molecule has 0 radical (unpaired) electrons. The Morgan fingerprint density at radius 1 is 1.44 bits per heavy atom. The molecule has 0 atom stereocenters. The van der Waals surface area contributed by atoms with Crippen molar-refractivity contribution in [2.75, 3.05) is 14.2 Å². The molecule has 1 aromatic heterocycles. The number of methoxy groups -OCH3 is 2. The predicted octanol–water partition coefficient (Wildman–Crippen LogP) is 1.73. The quantitative estimate of drug-likeness (QED) is 0.857. The average Bonchev–Trinajstić information content (AvgIpc) is 2.26. The summed E-state index contributed by atoms with van der Waals surface area (Å²) in [5.74, 6) is -1.68. The molecule has 0 saturated heterocycles. The summed E-state index contributed by atoms with van der Waals surface area (Å²) in [5.41, 5.74) is -1.45. The van der Waals surface area contributed by atoms with Crippen LogP contribution in [0.25, 0.3) is 0 Å². The highest BCUT2D eigenvalue weighted by Gasteiger charge is 2.23. The van der Waals surface area contributed by atoms with Gasteiger partial charge in [0.15, 0.2) is 5.75 Å². The first-order valence-corrected chi connectivity index (χ1v) is 4.15. The Labute approximate surface area is 89.6 Å². The number of carbonyl (C=O) groups is 1. The van der Waals surface area contributed by atoms with Crippen molar-refractivity contribution in [2.45, 2.75) is 6.43 Å². The summed E-state index contributed by atoms with van der Waals surface area (Å²) in [6, 6.07) is 0.954. The maximum atomic E-state index is 12.5. The second kappa shape index (κ2) is 4.73. The molecule has 7 heteroatoms. The van der Waals surface area contributed by atoms with Crippen LogP contribution < -0.4 is 9.47 Å². The third-order valence-electron chi connectivity index (χ3n) is 1.83. The first-order valence-electron chi connectivity index (χ1n) is 4.15. The number of nitrogens with zero attached hydrogens (tertiary/aromatic N) is 1. The molecular weight excluding hydrogens is 224 g/mol. The molecule has 0 bridgehead atoms.